The van der Waals surface area contributed by atoms with Crippen molar-refractivity contribution < 1.29 is 22.0 Å². The summed E-state index contributed by atoms with van der Waals surface area (Å²) in [6, 6.07) is 12.5. The van der Waals surface area contributed by atoms with Crippen LogP contribution in [-0.4, -0.2) is 47.8 Å². The number of nitrogens with one attached hydrogen (secondary N) is 1. The summed E-state index contributed by atoms with van der Waals surface area (Å²) in [6.45, 7) is -0.0412. The lowest BCUT2D eigenvalue weighted by Crippen LogP contribution is -2.35. The molecule has 2 heterocycles. The number of para-hydroxylation sites is 2. The predicted octanol–water partition coefficient (Wildman–Crippen LogP) is 4.14. The Balaban J connectivity index is 1.49. The van der Waals surface area contributed by atoms with Gasteiger partial charge in [0.05, 0.1) is 15.9 Å². The number of hydrogen-bond acceptors (Lipinski definition) is 4. The summed E-state index contributed by atoms with van der Waals surface area (Å²) in [6.07, 6.45) is 2.65. The van der Waals surface area contributed by atoms with Crippen molar-refractivity contribution >= 4 is 27.0 Å². The van der Waals surface area contributed by atoms with Crippen LogP contribution in [0.15, 0.2) is 53.4 Å². The average Bonchev–Trinajstić information content (AvgIpc) is 3.23. The van der Waals surface area contributed by atoms with Gasteiger partial charge in [-0.2, -0.15) is 13.1 Å². The van der Waals surface area contributed by atoms with Gasteiger partial charge in [0.25, 0.3) is 5.91 Å². The fourth-order valence-electron chi connectivity index (χ4n) is 4.11. The Morgan fingerprint density at radius 2 is 1.82 bits per heavy atom. The molecule has 0 unspecified atom stereocenters. The zero-order valence-corrected chi connectivity index (χ0v) is 19.1. The van der Waals surface area contributed by atoms with Gasteiger partial charge < -0.3 is 5.32 Å². The van der Waals surface area contributed by atoms with E-state index in [0.717, 1.165) is 23.8 Å². The molecule has 1 aliphatic heterocycles. The van der Waals surface area contributed by atoms with Crippen molar-refractivity contribution in [1.82, 2.24) is 19.2 Å². The summed E-state index contributed by atoms with van der Waals surface area (Å²) in [4.78, 5) is 17.1. The molecule has 1 aromatic heterocycles. The van der Waals surface area contributed by atoms with Crippen molar-refractivity contribution in [3.05, 3.63) is 59.9 Å². The highest BCUT2D eigenvalue weighted by Crippen LogP contribution is 2.27. The van der Waals surface area contributed by atoms with Crippen LogP contribution in [-0.2, 0) is 10.0 Å². The number of alkyl halides is 2. The second kappa shape index (κ2) is 9.56. The molecular weight excluding hydrogens is 450 g/mol. The third-order valence-corrected chi connectivity index (χ3v) is 7.77. The predicted molar refractivity (Wildman–Crippen MR) is 121 cm³/mol. The molecule has 1 fully saturated rings. The van der Waals surface area contributed by atoms with Gasteiger partial charge in [0.15, 0.2) is 0 Å². The van der Waals surface area contributed by atoms with Gasteiger partial charge in [-0.05, 0) is 43.2 Å². The Bertz CT molecular complexity index is 1250. The maximum absolute atomic E-state index is 13.7. The standard InChI is InChI=1S/C23H26F2N4O3S/c1-16(21-27-19-10-3-4-11-20(19)29(21)23(24)25)15-26-22(30)17-8-7-9-18(14-17)33(31,32)28-12-5-2-6-13-28/h3-4,7-11,14,16,23H,2,5-6,12-13,15H2,1H3,(H,26,30)/t16-/m1/s1. The first kappa shape index (κ1) is 23.3. The monoisotopic (exact) mass is 476 g/mol. The van der Waals surface area contributed by atoms with E-state index in [2.05, 4.69) is 10.3 Å². The van der Waals surface area contributed by atoms with Crippen molar-refractivity contribution in [2.24, 2.45) is 0 Å². The summed E-state index contributed by atoms with van der Waals surface area (Å²) >= 11 is 0. The molecule has 2 aromatic carbocycles. The number of rotatable bonds is 7. The molecule has 1 N–H and O–H groups in total. The fraction of sp³-hybridized carbons (Fsp3) is 0.391. The highest BCUT2D eigenvalue weighted by Gasteiger charge is 2.27. The average molecular weight is 477 g/mol. The largest absolute Gasteiger partial charge is 0.351 e. The van der Waals surface area contributed by atoms with Crippen molar-refractivity contribution in [1.29, 1.82) is 0 Å². The molecule has 0 radical (unpaired) electrons. The number of halogens is 2. The lowest BCUT2D eigenvalue weighted by atomic mass is 10.1. The van der Waals surface area contributed by atoms with Crippen LogP contribution in [0, 0.1) is 0 Å². The Morgan fingerprint density at radius 3 is 2.55 bits per heavy atom. The SMILES string of the molecule is C[C@H](CNC(=O)c1cccc(S(=O)(=O)N2CCCCC2)c1)c1nc2ccccc2n1C(F)F. The fourth-order valence-corrected chi connectivity index (χ4v) is 5.67. The van der Waals surface area contributed by atoms with E-state index < -0.39 is 28.4 Å². The number of amides is 1. The lowest BCUT2D eigenvalue weighted by molar-refractivity contribution is 0.0704. The molecule has 0 aliphatic carbocycles. The van der Waals surface area contributed by atoms with E-state index in [1.54, 1.807) is 31.2 Å². The molecule has 4 rings (SSSR count). The first-order chi connectivity index (χ1) is 15.8. The maximum Gasteiger partial charge on any atom is 0.320 e. The van der Waals surface area contributed by atoms with Gasteiger partial charge in [0.1, 0.15) is 5.82 Å². The van der Waals surface area contributed by atoms with Crippen LogP contribution in [0.25, 0.3) is 11.0 Å². The van der Waals surface area contributed by atoms with E-state index in [1.807, 2.05) is 0 Å². The molecule has 7 nitrogen and oxygen atoms in total. The molecule has 0 spiro atoms. The van der Waals surface area contributed by atoms with E-state index in [9.17, 15) is 22.0 Å². The van der Waals surface area contributed by atoms with E-state index in [0.29, 0.717) is 24.1 Å². The summed E-state index contributed by atoms with van der Waals surface area (Å²) in [5.41, 5.74) is 0.987. The number of imidazole rings is 1. The number of carbonyl (C=O) groups excluding carboxylic acids is 1. The topological polar surface area (TPSA) is 84.3 Å². The molecule has 1 atom stereocenters. The molecule has 10 heteroatoms. The van der Waals surface area contributed by atoms with Crippen LogP contribution in [0.3, 0.4) is 0 Å². The van der Waals surface area contributed by atoms with Gasteiger partial charge in [0, 0.05) is 31.1 Å². The minimum Gasteiger partial charge on any atom is -0.351 e. The van der Waals surface area contributed by atoms with Crippen molar-refractivity contribution in [3.63, 3.8) is 0 Å². The molecular formula is C23H26F2N4O3S. The zero-order valence-electron chi connectivity index (χ0n) is 18.2. The number of piperidine rings is 1. The normalized spacial score (nSPS) is 16.2. The van der Waals surface area contributed by atoms with Crippen molar-refractivity contribution in [2.45, 2.75) is 43.5 Å². The van der Waals surface area contributed by atoms with Gasteiger partial charge in [0.2, 0.25) is 10.0 Å². The molecule has 176 valence electrons. The van der Waals surface area contributed by atoms with E-state index in [-0.39, 0.29) is 22.8 Å². The molecule has 1 amide bonds. The molecule has 0 bridgehead atoms. The molecule has 33 heavy (non-hydrogen) atoms. The number of fused-ring (bicyclic) bond motifs is 1. The second-order valence-electron chi connectivity index (χ2n) is 8.21. The summed E-state index contributed by atoms with van der Waals surface area (Å²) in [5.74, 6) is -0.791. The van der Waals surface area contributed by atoms with Crippen LogP contribution in [0.4, 0.5) is 8.78 Å². The lowest BCUT2D eigenvalue weighted by Gasteiger charge is -2.26. The van der Waals surface area contributed by atoms with Gasteiger partial charge in [-0.3, -0.25) is 9.36 Å². The molecule has 1 saturated heterocycles. The molecule has 1 aliphatic rings. The van der Waals surface area contributed by atoms with Crippen LogP contribution in [0.1, 0.15) is 54.8 Å². The van der Waals surface area contributed by atoms with Gasteiger partial charge in [-0.25, -0.2) is 13.4 Å². The first-order valence-corrected chi connectivity index (χ1v) is 12.4. The Hall–Kier alpha value is -2.85. The smallest absolute Gasteiger partial charge is 0.320 e. The van der Waals surface area contributed by atoms with E-state index >= 15 is 0 Å². The minimum absolute atomic E-state index is 0.0674. The molecule has 3 aromatic rings. The number of nitrogens with zero attached hydrogens (tertiary/aromatic N) is 3. The van der Waals surface area contributed by atoms with Crippen LogP contribution in [0.5, 0.6) is 0 Å². The summed E-state index contributed by atoms with van der Waals surface area (Å²) in [7, 11) is -3.67. The van der Waals surface area contributed by atoms with Crippen molar-refractivity contribution in [3.8, 4) is 0 Å². The Kier molecular flexibility index (Phi) is 6.76. The zero-order chi connectivity index (χ0) is 23.6. The number of benzene rings is 2. The van der Waals surface area contributed by atoms with E-state index in [1.165, 1.54) is 28.6 Å². The van der Waals surface area contributed by atoms with Gasteiger partial charge in [-0.15, -0.1) is 0 Å². The third-order valence-electron chi connectivity index (χ3n) is 5.88. The molecule has 0 saturated carbocycles. The first-order valence-electron chi connectivity index (χ1n) is 10.9. The van der Waals surface area contributed by atoms with Gasteiger partial charge in [-0.1, -0.05) is 31.5 Å². The Morgan fingerprint density at radius 1 is 1.09 bits per heavy atom. The highest BCUT2D eigenvalue weighted by atomic mass is 32.2. The number of sulfonamides is 1. The minimum atomic E-state index is -3.67. The van der Waals surface area contributed by atoms with E-state index in [4.69, 9.17) is 0 Å². The van der Waals surface area contributed by atoms with Crippen LogP contribution >= 0.6 is 0 Å². The number of carbonyl (C=O) groups is 1. The summed E-state index contributed by atoms with van der Waals surface area (Å²) < 4.78 is 55.5. The quantitative estimate of drug-likeness (QED) is 0.556. The maximum atomic E-state index is 13.7. The van der Waals surface area contributed by atoms with Crippen LogP contribution < -0.4 is 5.32 Å². The number of aromatic nitrogens is 2. The van der Waals surface area contributed by atoms with Gasteiger partial charge >= 0.3 is 6.55 Å². The second-order valence-corrected chi connectivity index (χ2v) is 10.1. The number of hydrogen-bond donors (Lipinski definition) is 1. The van der Waals surface area contributed by atoms with Crippen LogP contribution in [0.2, 0.25) is 0 Å². The summed E-state index contributed by atoms with van der Waals surface area (Å²) in [5, 5.41) is 2.72. The Labute approximate surface area is 191 Å². The third kappa shape index (κ3) is 4.77. The highest BCUT2D eigenvalue weighted by molar-refractivity contribution is 7.89. The van der Waals surface area contributed by atoms with Crippen molar-refractivity contribution in [2.75, 3.05) is 19.6 Å².